The van der Waals surface area contributed by atoms with Crippen molar-refractivity contribution >= 4 is 10.9 Å². The minimum Gasteiger partial charge on any atom is -0.487 e. The number of aromatic nitrogens is 1. The third-order valence-electron chi connectivity index (χ3n) is 4.20. The molecule has 1 N–H and O–H groups in total. The van der Waals surface area contributed by atoms with Crippen LogP contribution in [0.25, 0.3) is 10.9 Å². The minimum atomic E-state index is -0.208. The van der Waals surface area contributed by atoms with Gasteiger partial charge in [0.1, 0.15) is 12.4 Å². The number of hydrogen-bond donors (Lipinski definition) is 1. The summed E-state index contributed by atoms with van der Waals surface area (Å²) in [5.74, 6) is 0.838. The van der Waals surface area contributed by atoms with Crippen LogP contribution in [0.3, 0.4) is 0 Å². The molecule has 1 aromatic heterocycles. The van der Waals surface area contributed by atoms with Crippen LogP contribution in [0.5, 0.6) is 5.75 Å². The third kappa shape index (κ3) is 4.33. The molecule has 0 aliphatic carbocycles. The molecule has 0 aliphatic heterocycles. The zero-order valence-electron chi connectivity index (χ0n) is 14.0. The second-order valence-electron chi connectivity index (χ2n) is 6.03. The Morgan fingerprint density at radius 1 is 1.00 bits per heavy atom. The Labute approximate surface area is 142 Å². The molecule has 124 valence electrons. The molecular formula is C21H23NO2. The van der Waals surface area contributed by atoms with Gasteiger partial charge in [0.05, 0.1) is 17.3 Å². The highest BCUT2D eigenvalue weighted by molar-refractivity contribution is 5.78. The molecule has 3 rings (SSSR count). The number of fused-ring (bicyclic) bond motifs is 1. The van der Waals surface area contributed by atoms with Gasteiger partial charge in [-0.3, -0.25) is 0 Å². The van der Waals surface area contributed by atoms with Crippen LogP contribution in [0, 0.1) is 0 Å². The van der Waals surface area contributed by atoms with E-state index in [1.807, 2.05) is 43.3 Å². The molecule has 0 amide bonds. The van der Waals surface area contributed by atoms with Crippen molar-refractivity contribution in [2.45, 2.75) is 38.9 Å². The highest BCUT2D eigenvalue weighted by Gasteiger charge is 2.03. The van der Waals surface area contributed by atoms with Crippen molar-refractivity contribution in [2.24, 2.45) is 0 Å². The number of pyridine rings is 1. The summed E-state index contributed by atoms with van der Waals surface area (Å²) in [6, 6.07) is 20.2. The third-order valence-corrected chi connectivity index (χ3v) is 4.20. The molecule has 3 heteroatoms. The predicted octanol–water partition coefficient (Wildman–Crippen LogP) is 4.52. The van der Waals surface area contributed by atoms with Gasteiger partial charge in [-0.2, -0.15) is 0 Å². The second kappa shape index (κ2) is 7.93. The summed E-state index contributed by atoms with van der Waals surface area (Å²) in [6.07, 6.45) is 2.29. The Bertz CT molecular complexity index is 783. The topological polar surface area (TPSA) is 42.4 Å². The maximum atomic E-state index is 9.63. The highest BCUT2D eigenvalue weighted by Crippen LogP contribution is 2.17. The number of hydrogen-bond acceptors (Lipinski definition) is 3. The van der Waals surface area contributed by atoms with Crippen LogP contribution in [0.2, 0.25) is 0 Å². The molecule has 0 saturated heterocycles. The average Bonchev–Trinajstić information content (AvgIpc) is 2.65. The summed E-state index contributed by atoms with van der Waals surface area (Å²) in [4.78, 5) is 4.61. The minimum absolute atomic E-state index is 0.208. The molecule has 0 bridgehead atoms. The lowest BCUT2D eigenvalue weighted by molar-refractivity contribution is 0.160. The molecule has 0 spiro atoms. The van der Waals surface area contributed by atoms with E-state index in [0.717, 1.165) is 41.6 Å². The zero-order valence-corrected chi connectivity index (χ0v) is 14.0. The van der Waals surface area contributed by atoms with Crippen molar-refractivity contribution in [1.29, 1.82) is 0 Å². The molecule has 3 nitrogen and oxygen atoms in total. The number of benzene rings is 2. The largest absolute Gasteiger partial charge is 0.487 e. The molecule has 0 aliphatic rings. The average molecular weight is 321 g/mol. The van der Waals surface area contributed by atoms with Crippen molar-refractivity contribution in [3.63, 3.8) is 0 Å². The van der Waals surface area contributed by atoms with Gasteiger partial charge < -0.3 is 9.84 Å². The fourth-order valence-corrected chi connectivity index (χ4v) is 2.64. The van der Waals surface area contributed by atoms with E-state index < -0.39 is 0 Å². The van der Waals surface area contributed by atoms with Gasteiger partial charge in [0, 0.05) is 5.39 Å². The van der Waals surface area contributed by atoms with Crippen LogP contribution in [0.4, 0.5) is 0 Å². The molecule has 0 radical (unpaired) electrons. The van der Waals surface area contributed by atoms with E-state index in [-0.39, 0.29) is 6.10 Å². The SMILES string of the molecule is CCC(O)CCc1ccc(OCc2ccc3ccccc3n2)cc1. The standard InChI is InChI=1S/C21H23NO2/c1-2-19(23)12-7-16-8-13-20(14-9-16)24-15-18-11-10-17-5-3-4-6-21(17)22-18/h3-6,8-11,13-14,19,23H,2,7,12,15H2,1H3. The van der Waals surface area contributed by atoms with E-state index >= 15 is 0 Å². The summed E-state index contributed by atoms with van der Waals surface area (Å²) in [5, 5.41) is 10.8. The lowest BCUT2D eigenvalue weighted by Crippen LogP contribution is -2.05. The molecule has 1 atom stereocenters. The summed E-state index contributed by atoms with van der Waals surface area (Å²) < 4.78 is 5.83. The number of aliphatic hydroxyl groups is 1. The molecule has 0 saturated carbocycles. The van der Waals surface area contributed by atoms with Gasteiger partial charge in [-0.05, 0) is 49.1 Å². The molecular weight excluding hydrogens is 298 g/mol. The molecule has 1 heterocycles. The first-order valence-electron chi connectivity index (χ1n) is 8.49. The maximum Gasteiger partial charge on any atom is 0.130 e. The smallest absolute Gasteiger partial charge is 0.130 e. The Hall–Kier alpha value is -2.39. The number of aryl methyl sites for hydroxylation is 1. The van der Waals surface area contributed by atoms with Gasteiger partial charge >= 0.3 is 0 Å². The predicted molar refractivity (Wildman–Crippen MR) is 97.1 cm³/mol. The number of ether oxygens (including phenoxy) is 1. The quantitative estimate of drug-likeness (QED) is 0.696. The van der Waals surface area contributed by atoms with Crippen LogP contribution in [-0.2, 0) is 13.0 Å². The van der Waals surface area contributed by atoms with Crippen molar-refractivity contribution < 1.29 is 9.84 Å². The van der Waals surface area contributed by atoms with E-state index in [0.29, 0.717) is 6.61 Å². The Balaban J connectivity index is 1.57. The van der Waals surface area contributed by atoms with Gasteiger partial charge in [0.2, 0.25) is 0 Å². The van der Waals surface area contributed by atoms with E-state index in [4.69, 9.17) is 4.74 Å². The maximum absolute atomic E-state index is 9.63. The van der Waals surface area contributed by atoms with Crippen LogP contribution >= 0.6 is 0 Å². The monoisotopic (exact) mass is 321 g/mol. The molecule has 0 fully saturated rings. The number of aliphatic hydroxyl groups excluding tert-OH is 1. The second-order valence-corrected chi connectivity index (χ2v) is 6.03. The lowest BCUT2D eigenvalue weighted by Gasteiger charge is -2.09. The Kier molecular flexibility index (Phi) is 5.44. The van der Waals surface area contributed by atoms with Crippen molar-refractivity contribution in [3.05, 3.63) is 71.9 Å². The molecule has 3 aromatic rings. The van der Waals surface area contributed by atoms with E-state index in [2.05, 4.69) is 29.2 Å². The van der Waals surface area contributed by atoms with Gasteiger partial charge in [0.25, 0.3) is 0 Å². The fraction of sp³-hybridized carbons (Fsp3) is 0.286. The van der Waals surface area contributed by atoms with Crippen LogP contribution in [0.15, 0.2) is 60.7 Å². The van der Waals surface area contributed by atoms with E-state index in [9.17, 15) is 5.11 Å². The molecule has 2 aromatic carbocycles. The van der Waals surface area contributed by atoms with Crippen LogP contribution in [-0.4, -0.2) is 16.2 Å². The molecule has 24 heavy (non-hydrogen) atoms. The van der Waals surface area contributed by atoms with E-state index in [1.165, 1.54) is 5.56 Å². The van der Waals surface area contributed by atoms with Gasteiger partial charge in [-0.25, -0.2) is 4.98 Å². The van der Waals surface area contributed by atoms with Gasteiger partial charge in [0.15, 0.2) is 0 Å². The van der Waals surface area contributed by atoms with Gasteiger partial charge in [-0.15, -0.1) is 0 Å². The first-order chi connectivity index (χ1) is 11.7. The summed E-state index contributed by atoms with van der Waals surface area (Å²) in [6.45, 7) is 2.46. The first kappa shape index (κ1) is 16.5. The Morgan fingerprint density at radius 3 is 2.58 bits per heavy atom. The van der Waals surface area contributed by atoms with Gasteiger partial charge in [-0.1, -0.05) is 43.3 Å². The van der Waals surface area contributed by atoms with Crippen molar-refractivity contribution in [1.82, 2.24) is 4.98 Å². The van der Waals surface area contributed by atoms with E-state index in [1.54, 1.807) is 0 Å². The molecule has 1 unspecified atom stereocenters. The number of para-hydroxylation sites is 1. The lowest BCUT2D eigenvalue weighted by atomic mass is 10.1. The number of rotatable bonds is 7. The van der Waals surface area contributed by atoms with Crippen molar-refractivity contribution in [3.8, 4) is 5.75 Å². The zero-order chi connectivity index (χ0) is 16.8. The first-order valence-corrected chi connectivity index (χ1v) is 8.49. The van der Waals surface area contributed by atoms with Crippen molar-refractivity contribution in [2.75, 3.05) is 0 Å². The van der Waals surface area contributed by atoms with Crippen LogP contribution in [0.1, 0.15) is 31.0 Å². The normalized spacial score (nSPS) is 12.2. The summed E-state index contributed by atoms with van der Waals surface area (Å²) in [5.41, 5.74) is 3.13. The summed E-state index contributed by atoms with van der Waals surface area (Å²) >= 11 is 0. The fourth-order valence-electron chi connectivity index (χ4n) is 2.64. The Morgan fingerprint density at radius 2 is 1.79 bits per heavy atom. The van der Waals surface area contributed by atoms with Crippen LogP contribution < -0.4 is 4.74 Å². The number of nitrogens with zero attached hydrogens (tertiary/aromatic N) is 1. The summed E-state index contributed by atoms with van der Waals surface area (Å²) in [7, 11) is 0. The highest BCUT2D eigenvalue weighted by atomic mass is 16.5.